The first kappa shape index (κ1) is 6.15. The van der Waals surface area contributed by atoms with Gasteiger partial charge in [0.1, 0.15) is 5.75 Å². The van der Waals surface area contributed by atoms with E-state index in [9.17, 15) is 0 Å². The summed E-state index contributed by atoms with van der Waals surface area (Å²) in [5, 5.41) is 18.1. The molecule has 0 saturated heterocycles. The van der Waals surface area contributed by atoms with Crippen molar-refractivity contribution in [2.45, 2.75) is 0 Å². The Morgan fingerprint density at radius 2 is 2.00 bits per heavy atom. The third-order valence-corrected chi connectivity index (χ3v) is 1.44. The quantitative estimate of drug-likeness (QED) is 0.581. The number of phenolic OH excluding ortho intramolecular Hbond substituents is 2. The average Bonchev–Trinajstić information content (AvgIpc) is 2.34. The van der Waals surface area contributed by atoms with Crippen molar-refractivity contribution < 1.29 is 19.7 Å². The zero-order chi connectivity index (χ0) is 7.84. The minimum Gasteiger partial charge on any atom is -0.508 e. The molecule has 4 heteroatoms. The first-order chi connectivity index (χ1) is 5.27. The Kier molecular flexibility index (Phi) is 1.09. The van der Waals surface area contributed by atoms with E-state index in [2.05, 4.69) is 0 Å². The summed E-state index contributed by atoms with van der Waals surface area (Å²) in [6, 6.07) is 2.59. The molecule has 4 nitrogen and oxygen atoms in total. The van der Waals surface area contributed by atoms with E-state index < -0.39 is 0 Å². The molecule has 11 heavy (non-hydrogen) atoms. The lowest BCUT2D eigenvalue weighted by Crippen LogP contribution is -1.93. The van der Waals surface area contributed by atoms with E-state index in [1.165, 1.54) is 12.1 Å². The maximum absolute atomic E-state index is 9.15. The molecule has 0 spiro atoms. The Bertz CT molecular complexity index is 295. The summed E-state index contributed by atoms with van der Waals surface area (Å²) in [5.41, 5.74) is 0. The molecule has 0 bridgehead atoms. The summed E-state index contributed by atoms with van der Waals surface area (Å²) >= 11 is 0. The summed E-state index contributed by atoms with van der Waals surface area (Å²) < 4.78 is 9.82. The number of rotatable bonds is 0. The highest BCUT2D eigenvalue weighted by Crippen LogP contribution is 2.42. The second-order valence-electron chi connectivity index (χ2n) is 2.20. The highest BCUT2D eigenvalue weighted by atomic mass is 16.7. The summed E-state index contributed by atoms with van der Waals surface area (Å²) in [4.78, 5) is 0. The molecule has 0 unspecified atom stereocenters. The van der Waals surface area contributed by atoms with Gasteiger partial charge in [-0.05, 0) is 0 Å². The van der Waals surface area contributed by atoms with E-state index in [4.69, 9.17) is 19.7 Å². The van der Waals surface area contributed by atoms with Gasteiger partial charge in [-0.3, -0.25) is 0 Å². The second kappa shape index (κ2) is 1.95. The van der Waals surface area contributed by atoms with Crippen molar-refractivity contribution in [1.82, 2.24) is 0 Å². The first-order valence-electron chi connectivity index (χ1n) is 3.09. The topological polar surface area (TPSA) is 58.9 Å². The number of ether oxygens (including phenoxy) is 2. The standard InChI is InChI=1S/C7H6O4/c8-4-1-5(9)7-6(2-4)10-3-11-7/h1-2,8-9H,3H2. The minimum atomic E-state index is -0.0995. The van der Waals surface area contributed by atoms with Crippen LogP contribution in [0.4, 0.5) is 0 Å². The number of phenols is 2. The van der Waals surface area contributed by atoms with Crippen molar-refractivity contribution in [2.75, 3.05) is 6.79 Å². The molecule has 1 heterocycles. The lowest BCUT2D eigenvalue weighted by Gasteiger charge is -1.98. The Balaban J connectivity index is 2.60. The fourth-order valence-electron chi connectivity index (χ4n) is 0.978. The Morgan fingerprint density at radius 3 is 2.82 bits per heavy atom. The van der Waals surface area contributed by atoms with Gasteiger partial charge in [0.25, 0.3) is 0 Å². The Hall–Kier alpha value is -1.58. The first-order valence-corrected chi connectivity index (χ1v) is 3.09. The number of hydrogen-bond acceptors (Lipinski definition) is 4. The Morgan fingerprint density at radius 1 is 1.18 bits per heavy atom. The van der Waals surface area contributed by atoms with Crippen LogP contribution >= 0.6 is 0 Å². The minimum absolute atomic E-state index is 0.0354. The van der Waals surface area contributed by atoms with E-state index >= 15 is 0 Å². The van der Waals surface area contributed by atoms with Crippen molar-refractivity contribution in [3.8, 4) is 23.0 Å². The number of fused-ring (bicyclic) bond motifs is 1. The highest BCUT2D eigenvalue weighted by molar-refractivity contribution is 5.55. The summed E-state index contributed by atoms with van der Waals surface area (Å²) in [6.45, 7) is 0.0896. The SMILES string of the molecule is Oc1cc(O)c2c(c1)OCO2. The van der Waals surface area contributed by atoms with Gasteiger partial charge in [0, 0.05) is 12.1 Å². The monoisotopic (exact) mass is 154 g/mol. The van der Waals surface area contributed by atoms with Crippen LogP contribution in [0.15, 0.2) is 12.1 Å². The molecule has 0 aliphatic carbocycles. The van der Waals surface area contributed by atoms with Crippen LogP contribution in [0, 0.1) is 0 Å². The molecule has 1 aromatic carbocycles. The molecule has 0 aromatic heterocycles. The van der Waals surface area contributed by atoms with Crippen LogP contribution in [-0.4, -0.2) is 17.0 Å². The van der Waals surface area contributed by atoms with Crippen LogP contribution in [0.5, 0.6) is 23.0 Å². The van der Waals surface area contributed by atoms with Crippen LogP contribution in [0.3, 0.4) is 0 Å². The van der Waals surface area contributed by atoms with Gasteiger partial charge >= 0.3 is 0 Å². The fraction of sp³-hybridized carbons (Fsp3) is 0.143. The van der Waals surface area contributed by atoms with Gasteiger partial charge < -0.3 is 19.7 Å². The van der Waals surface area contributed by atoms with Crippen molar-refractivity contribution >= 4 is 0 Å². The molecule has 0 saturated carbocycles. The molecule has 1 aromatic rings. The number of hydrogen-bond donors (Lipinski definition) is 2. The normalized spacial score (nSPS) is 13.5. The van der Waals surface area contributed by atoms with Gasteiger partial charge in [-0.25, -0.2) is 0 Å². The third-order valence-electron chi connectivity index (χ3n) is 1.44. The Labute approximate surface area is 62.6 Å². The van der Waals surface area contributed by atoms with Gasteiger partial charge in [-0.2, -0.15) is 0 Å². The van der Waals surface area contributed by atoms with Crippen molar-refractivity contribution in [2.24, 2.45) is 0 Å². The molecule has 0 fully saturated rings. The van der Waals surface area contributed by atoms with E-state index in [1.807, 2.05) is 0 Å². The van der Waals surface area contributed by atoms with Gasteiger partial charge in [0.2, 0.25) is 12.5 Å². The van der Waals surface area contributed by atoms with E-state index in [0.29, 0.717) is 11.5 Å². The molecule has 2 rings (SSSR count). The zero-order valence-electron chi connectivity index (χ0n) is 5.57. The van der Waals surface area contributed by atoms with Crippen molar-refractivity contribution in [1.29, 1.82) is 0 Å². The van der Waals surface area contributed by atoms with Crippen molar-refractivity contribution in [3.63, 3.8) is 0 Å². The number of benzene rings is 1. The van der Waals surface area contributed by atoms with Gasteiger partial charge in [-0.1, -0.05) is 0 Å². The van der Waals surface area contributed by atoms with Gasteiger partial charge in [-0.15, -0.1) is 0 Å². The average molecular weight is 154 g/mol. The molecular weight excluding hydrogens is 148 g/mol. The van der Waals surface area contributed by atoms with Crippen LogP contribution in [-0.2, 0) is 0 Å². The molecule has 0 amide bonds. The number of aromatic hydroxyl groups is 2. The summed E-state index contributed by atoms with van der Waals surface area (Å²) in [6.07, 6.45) is 0. The van der Waals surface area contributed by atoms with E-state index in [0.717, 1.165) is 0 Å². The molecule has 0 atom stereocenters. The van der Waals surface area contributed by atoms with Crippen molar-refractivity contribution in [3.05, 3.63) is 12.1 Å². The lowest BCUT2D eigenvalue weighted by molar-refractivity contribution is 0.171. The molecular formula is C7H6O4. The largest absolute Gasteiger partial charge is 0.508 e. The van der Waals surface area contributed by atoms with Crippen LogP contribution < -0.4 is 9.47 Å². The lowest BCUT2D eigenvalue weighted by atomic mass is 10.3. The van der Waals surface area contributed by atoms with Crippen LogP contribution in [0.2, 0.25) is 0 Å². The van der Waals surface area contributed by atoms with Crippen LogP contribution in [0.1, 0.15) is 0 Å². The second-order valence-corrected chi connectivity index (χ2v) is 2.20. The van der Waals surface area contributed by atoms with Gasteiger partial charge in [0.15, 0.2) is 11.5 Å². The molecule has 58 valence electrons. The maximum Gasteiger partial charge on any atom is 0.231 e. The molecule has 1 aliphatic heterocycles. The molecule has 2 N–H and O–H groups in total. The zero-order valence-corrected chi connectivity index (χ0v) is 5.57. The summed E-state index contributed by atoms with van der Waals surface area (Å²) in [5.74, 6) is 0.537. The fourth-order valence-corrected chi connectivity index (χ4v) is 0.978. The molecule has 0 radical (unpaired) electrons. The smallest absolute Gasteiger partial charge is 0.231 e. The maximum atomic E-state index is 9.15. The third kappa shape index (κ3) is 0.832. The highest BCUT2D eigenvalue weighted by Gasteiger charge is 2.18. The molecule has 1 aliphatic rings. The predicted octanol–water partition coefficient (Wildman–Crippen LogP) is 0.826. The van der Waals surface area contributed by atoms with Gasteiger partial charge in [0.05, 0.1) is 0 Å². The predicted molar refractivity (Wildman–Crippen MR) is 35.9 cm³/mol. The van der Waals surface area contributed by atoms with E-state index in [1.54, 1.807) is 0 Å². The van der Waals surface area contributed by atoms with E-state index in [-0.39, 0.29) is 18.3 Å². The van der Waals surface area contributed by atoms with Crippen LogP contribution in [0.25, 0.3) is 0 Å². The summed E-state index contributed by atoms with van der Waals surface area (Å²) in [7, 11) is 0.